The molecule has 0 radical (unpaired) electrons. The Hall–Kier alpha value is -0.120. The molecular weight excluding hydrogens is 236 g/mol. The lowest BCUT2D eigenvalue weighted by molar-refractivity contribution is -0.00681. The largest absolute Gasteiger partial charge is 0.378 e. The van der Waals surface area contributed by atoms with Crippen LogP contribution in [0.25, 0.3) is 0 Å². The van der Waals surface area contributed by atoms with Crippen LogP contribution in [0.3, 0.4) is 0 Å². The number of likely N-dealkylation sites (N-methyl/N-ethyl adjacent to an activating group) is 1. The van der Waals surface area contributed by atoms with Gasteiger partial charge >= 0.3 is 0 Å². The second-order valence-corrected chi connectivity index (χ2v) is 5.80. The van der Waals surface area contributed by atoms with Gasteiger partial charge in [0.1, 0.15) is 0 Å². The number of unbranched alkanes of at least 4 members (excludes halogenated alkanes) is 7. The van der Waals surface area contributed by atoms with Crippen molar-refractivity contribution >= 4 is 0 Å². The quantitative estimate of drug-likeness (QED) is 0.584. The summed E-state index contributed by atoms with van der Waals surface area (Å²) in [7, 11) is 2.03. The number of nitrogens with zero attached hydrogens (tertiary/aromatic N) is 1. The molecule has 0 aliphatic carbocycles. The lowest BCUT2D eigenvalue weighted by Crippen LogP contribution is -2.50. The first kappa shape index (κ1) is 16.9. The fraction of sp³-hybridized carbons (Fsp3) is 1.00. The maximum Gasteiger partial charge on any atom is 0.0634 e. The van der Waals surface area contributed by atoms with Crippen LogP contribution in [0, 0.1) is 0 Å². The first-order valence-electron chi connectivity index (χ1n) is 8.35. The lowest BCUT2D eigenvalue weighted by atomic mass is 10.1. The Morgan fingerprint density at radius 2 is 1.74 bits per heavy atom. The molecule has 0 aromatic heterocycles. The van der Waals surface area contributed by atoms with Gasteiger partial charge in [0, 0.05) is 19.1 Å². The molecule has 0 aromatic rings. The Bertz CT molecular complexity index is 197. The van der Waals surface area contributed by atoms with Crippen LogP contribution in [0.5, 0.6) is 0 Å². The van der Waals surface area contributed by atoms with Crippen LogP contribution in [0.15, 0.2) is 0 Å². The van der Waals surface area contributed by atoms with Crippen LogP contribution >= 0.6 is 0 Å². The van der Waals surface area contributed by atoms with E-state index in [-0.39, 0.29) is 0 Å². The third-order valence-corrected chi connectivity index (χ3v) is 4.09. The molecule has 1 N–H and O–H groups in total. The zero-order chi connectivity index (χ0) is 13.8. The molecule has 0 bridgehead atoms. The maximum atomic E-state index is 5.57. The van der Waals surface area contributed by atoms with Gasteiger partial charge in [-0.15, -0.1) is 0 Å². The molecular formula is C16H34N2O. The van der Waals surface area contributed by atoms with Crippen LogP contribution in [-0.2, 0) is 4.74 Å². The fourth-order valence-corrected chi connectivity index (χ4v) is 2.86. The van der Waals surface area contributed by atoms with E-state index in [1.54, 1.807) is 0 Å². The Labute approximate surface area is 120 Å². The van der Waals surface area contributed by atoms with Gasteiger partial charge in [-0.05, 0) is 20.0 Å². The summed E-state index contributed by atoms with van der Waals surface area (Å²) >= 11 is 0. The summed E-state index contributed by atoms with van der Waals surface area (Å²) in [6.07, 6.45) is 11.2. The van der Waals surface area contributed by atoms with E-state index in [0.717, 1.165) is 26.3 Å². The molecule has 1 aliphatic heterocycles. The number of hydrogen-bond acceptors (Lipinski definition) is 3. The van der Waals surface area contributed by atoms with Crippen LogP contribution in [0.4, 0.5) is 0 Å². The number of hydrogen-bond donors (Lipinski definition) is 1. The van der Waals surface area contributed by atoms with E-state index in [4.69, 9.17) is 4.74 Å². The smallest absolute Gasteiger partial charge is 0.0634 e. The van der Waals surface area contributed by atoms with E-state index >= 15 is 0 Å². The summed E-state index contributed by atoms with van der Waals surface area (Å²) in [5.41, 5.74) is 0. The van der Waals surface area contributed by atoms with Gasteiger partial charge in [-0.25, -0.2) is 0 Å². The summed E-state index contributed by atoms with van der Waals surface area (Å²) in [4.78, 5) is 2.61. The van der Waals surface area contributed by atoms with Gasteiger partial charge in [-0.3, -0.25) is 4.90 Å². The average Bonchev–Trinajstić information content (AvgIpc) is 2.44. The molecule has 1 saturated heterocycles. The molecule has 1 rings (SSSR count). The van der Waals surface area contributed by atoms with Crippen molar-refractivity contribution in [3.05, 3.63) is 0 Å². The van der Waals surface area contributed by atoms with Crippen LogP contribution in [-0.4, -0.2) is 50.8 Å². The van der Waals surface area contributed by atoms with Gasteiger partial charge in [0.15, 0.2) is 0 Å². The standard InChI is InChI=1S/C16H34N2O/c1-3-4-5-6-7-8-9-10-11-18-12-13-19-15-16(18)14-17-2/h16-17H,3-15H2,1-2H3. The van der Waals surface area contributed by atoms with Crippen molar-refractivity contribution in [2.75, 3.05) is 39.9 Å². The Morgan fingerprint density at radius 1 is 1.05 bits per heavy atom. The van der Waals surface area contributed by atoms with Gasteiger partial charge < -0.3 is 10.1 Å². The minimum Gasteiger partial charge on any atom is -0.378 e. The predicted molar refractivity (Wildman–Crippen MR) is 82.7 cm³/mol. The molecule has 0 spiro atoms. The van der Waals surface area contributed by atoms with Crippen molar-refractivity contribution in [2.45, 2.75) is 64.3 Å². The second-order valence-electron chi connectivity index (χ2n) is 5.80. The van der Waals surface area contributed by atoms with Crippen molar-refractivity contribution in [2.24, 2.45) is 0 Å². The number of morpholine rings is 1. The van der Waals surface area contributed by atoms with Crippen LogP contribution < -0.4 is 5.32 Å². The summed E-state index contributed by atoms with van der Waals surface area (Å²) < 4.78 is 5.57. The van der Waals surface area contributed by atoms with Crippen molar-refractivity contribution in [3.8, 4) is 0 Å². The van der Waals surface area contributed by atoms with Crippen molar-refractivity contribution < 1.29 is 4.74 Å². The van der Waals surface area contributed by atoms with Gasteiger partial charge in [0.05, 0.1) is 13.2 Å². The monoisotopic (exact) mass is 270 g/mol. The van der Waals surface area contributed by atoms with Crippen LogP contribution in [0.2, 0.25) is 0 Å². The van der Waals surface area contributed by atoms with Crippen molar-refractivity contribution in [3.63, 3.8) is 0 Å². The van der Waals surface area contributed by atoms with Crippen molar-refractivity contribution in [1.82, 2.24) is 10.2 Å². The molecule has 1 fully saturated rings. The van der Waals surface area contributed by atoms with Gasteiger partial charge in [-0.1, -0.05) is 51.9 Å². The maximum absolute atomic E-state index is 5.57. The summed E-state index contributed by atoms with van der Waals surface area (Å²) in [6.45, 7) is 7.52. The Morgan fingerprint density at radius 3 is 2.42 bits per heavy atom. The zero-order valence-corrected chi connectivity index (χ0v) is 13.1. The molecule has 114 valence electrons. The highest BCUT2D eigenvalue weighted by atomic mass is 16.5. The predicted octanol–water partition coefficient (Wildman–Crippen LogP) is 3.05. The van der Waals surface area contributed by atoms with Gasteiger partial charge in [0.2, 0.25) is 0 Å². The van der Waals surface area contributed by atoms with Gasteiger partial charge in [0.25, 0.3) is 0 Å². The third-order valence-electron chi connectivity index (χ3n) is 4.09. The molecule has 1 aliphatic rings. The average molecular weight is 270 g/mol. The number of nitrogens with one attached hydrogen (secondary N) is 1. The number of rotatable bonds is 11. The summed E-state index contributed by atoms with van der Waals surface area (Å²) in [5.74, 6) is 0. The molecule has 3 nitrogen and oxygen atoms in total. The van der Waals surface area contributed by atoms with Crippen LogP contribution in [0.1, 0.15) is 58.3 Å². The summed E-state index contributed by atoms with van der Waals surface area (Å²) in [6, 6.07) is 0.586. The topological polar surface area (TPSA) is 24.5 Å². The van der Waals surface area contributed by atoms with Gasteiger partial charge in [-0.2, -0.15) is 0 Å². The molecule has 0 aromatic carbocycles. The second kappa shape index (κ2) is 11.7. The van der Waals surface area contributed by atoms with E-state index < -0.39 is 0 Å². The van der Waals surface area contributed by atoms with E-state index in [1.807, 2.05) is 7.05 Å². The highest BCUT2D eigenvalue weighted by molar-refractivity contribution is 4.76. The number of ether oxygens (including phenoxy) is 1. The molecule has 19 heavy (non-hydrogen) atoms. The van der Waals surface area contributed by atoms with E-state index in [1.165, 1.54) is 57.9 Å². The minimum absolute atomic E-state index is 0.586. The van der Waals surface area contributed by atoms with E-state index in [9.17, 15) is 0 Å². The van der Waals surface area contributed by atoms with E-state index in [0.29, 0.717) is 6.04 Å². The third kappa shape index (κ3) is 7.91. The molecule has 3 heteroatoms. The molecule has 0 saturated carbocycles. The Balaban J connectivity index is 1.97. The molecule has 1 heterocycles. The minimum atomic E-state index is 0.586. The summed E-state index contributed by atoms with van der Waals surface area (Å²) in [5, 5.41) is 3.28. The van der Waals surface area contributed by atoms with Crippen molar-refractivity contribution in [1.29, 1.82) is 0 Å². The first-order valence-corrected chi connectivity index (χ1v) is 8.35. The lowest BCUT2D eigenvalue weighted by Gasteiger charge is -2.35. The Kier molecular flexibility index (Phi) is 10.4. The SMILES string of the molecule is CCCCCCCCCCN1CCOCC1CNC. The molecule has 0 amide bonds. The molecule has 1 unspecified atom stereocenters. The van der Waals surface area contributed by atoms with E-state index in [2.05, 4.69) is 17.1 Å². The normalized spacial score (nSPS) is 20.8. The highest BCUT2D eigenvalue weighted by Crippen LogP contribution is 2.11. The first-order chi connectivity index (χ1) is 9.38. The zero-order valence-electron chi connectivity index (χ0n) is 13.1. The molecule has 1 atom stereocenters. The highest BCUT2D eigenvalue weighted by Gasteiger charge is 2.21. The fourth-order valence-electron chi connectivity index (χ4n) is 2.86.